The predicted molar refractivity (Wildman–Crippen MR) is 128 cm³/mol. The summed E-state index contributed by atoms with van der Waals surface area (Å²) in [5, 5.41) is 4.53. The van der Waals surface area contributed by atoms with Crippen LogP contribution in [0.3, 0.4) is 0 Å². The minimum Gasteiger partial charge on any atom is -0.343 e. The van der Waals surface area contributed by atoms with Gasteiger partial charge < -0.3 is 10.2 Å². The first-order valence-corrected chi connectivity index (χ1v) is 12.6. The molecule has 4 bridgehead atoms. The third kappa shape index (κ3) is 3.67. The van der Waals surface area contributed by atoms with E-state index < -0.39 is 0 Å². The average Bonchev–Trinajstić information content (AvgIpc) is 2.67. The van der Waals surface area contributed by atoms with E-state index in [1.165, 1.54) is 19.3 Å². The number of carbonyl (C=O) groups excluding carboxylic acids is 1. The lowest BCUT2D eigenvalue weighted by atomic mass is 9.49. The van der Waals surface area contributed by atoms with Gasteiger partial charge in [-0.25, -0.2) is 0 Å². The summed E-state index contributed by atoms with van der Waals surface area (Å²) in [5.74, 6) is 2.36. The summed E-state index contributed by atoms with van der Waals surface area (Å²) in [6.07, 6.45) is 7.08. The van der Waals surface area contributed by atoms with Crippen molar-refractivity contribution in [2.45, 2.75) is 78.3 Å². The number of nitrogens with one attached hydrogen (secondary N) is 1. The summed E-state index contributed by atoms with van der Waals surface area (Å²) in [6, 6.07) is 6.24. The average molecular weight is 440 g/mol. The molecule has 0 saturated heterocycles. The number of aromatic nitrogens is 1. The van der Waals surface area contributed by atoms with E-state index in [1.807, 2.05) is 18.2 Å². The monoisotopic (exact) mass is 439 g/mol. The van der Waals surface area contributed by atoms with Gasteiger partial charge in [0.2, 0.25) is 5.91 Å². The fourth-order valence-corrected chi connectivity index (χ4v) is 8.18. The van der Waals surface area contributed by atoms with Gasteiger partial charge in [-0.2, -0.15) is 4.98 Å². The molecule has 0 spiro atoms. The molecule has 1 aromatic carbocycles. The fraction of sp³-hybridized carbons (Fsp3) is 0.640. The van der Waals surface area contributed by atoms with E-state index >= 15 is 0 Å². The van der Waals surface area contributed by atoms with Crippen LogP contribution in [-0.2, 0) is 4.79 Å². The lowest BCUT2D eigenvalue weighted by Crippen LogP contribution is -2.51. The maximum absolute atomic E-state index is 13.4. The number of benzene rings is 1. The Labute approximate surface area is 188 Å². The van der Waals surface area contributed by atoms with Gasteiger partial charge in [-0.1, -0.05) is 11.3 Å². The highest BCUT2D eigenvalue weighted by molar-refractivity contribution is 7.21. The maximum Gasteiger partial charge on any atom is 0.281 e. The van der Waals surface area contributed by atoms with Crippen molar-refractivity contribution in [1.82, 2.24) is 4.98 Å². The molecule has 4 aliphatic carbocycles. The normalized spacial score (nSPS) is 29.2. The van der Waals surface area contributed by atoms with Crippen LogP contribution >= 0.6 is 11.3 Å². The van der Waals surface area contributed by atoms with Crippen LogP contribution in [0.15, 0.2) is 23.0 Å². The number of hydrogen-bond donors (Lipinski definition) is 1. The Kier molecular flexibility index (Phi) is 5.11. The van der Waals surface area contributed by atoms with Crippen molar-refractivity contribution in [3.63, 3.8) is 0 Å². The Morgan fingerprint density at radius 2 is 1.65 bits per heavy atom. The van der Waals surface area contributed by atoms with Gasteiger partial charge in [-0.15, -0.1) is 0 Å². The molecular weight excluding hydrogens is 406 g/mol. The van der Waals surface area contributed by atoms with E-state index in [1.54, 1.807) is 11.3 Å². The molecule has 1 N–H and O–H groups in total. The molecule has 4 aliphatic rings. The predicted octanol–water partition coefficient (Wildman–Crippen LogP) is 5.43. The Balaban J connectivity index is 1.42. The summed E-state index contributed by atoms with van der Waals surface area (Å²) < 4.78 is 0.911. The molecule has 5 nitrogen and oxygen atoms in total. The Bertz CT molecular complexity index is 1030. The molecule has 1 heterocycles. The zero-order valence-corrected chi connectivity index (χ0v) is 19.8. The number of hydrogen-bond acceptors (Lipinski definition) is 5. The smallest absolute Gasteiger partial charge is 0.281 e. The van der Waals surface area contributed by atoms with Gasteiger partial charge in [0.05, 0.1) is 10.8 Å². The van der Waals surface area contributed by atoms with Gasteiger partial charge in [-0.3, -0.25) is 9.59 Å². The minimum atomic E-state index is -0.221. The SMILES string of the molecule is CC(C)N(c1nc(=O)c2cc(NC(=O)C34CC5CC(CC(C5)C3)C4)ccc2s1)C(C)C. The lowest BCUT2D eigenvalue weighted by molar-refractivity contribution is -0.140. The van der Waals surface area contributed by atoms with Crippen molar-refractivity contribution >= 4 is 38.1 Å². The maximum atomic E-state index is 13.4. The number of carbonyl (C=O) groups is 1. The first-order chi connectivity index (χ1) is 14.7. The largest absolute Gasteiger partial charge is 0.343 e. The van der Waals surface area contributed by atoms with Crippen LogP contribution in [0.2, 0.25) is 0 Å². The molecule has 0 unspecified atom stereocenters. The quantitative estimate of drug-likeness (QED) is 0.674. The van der Waals surface area contributed by atoms with E-state index in [0.29, 0.717) is 5.39 Å². The Hall–Kier alpha value is -1.95. The Morgan fingerprint density at radius 1 is 1.06 bits per heavy atom. The van der Waals surface area contributed by atoms with Crippen LogP contribution in [-0.4, -0.2) is 23.0 Å². The second-order valence-electron chi connectivity index (χ2n) is 10.8. The summed E-state index contributed by atoms with van der Waals surface area (Å²) in [7, 11) is 0. The molecule has 4 fully saturated rings. The zero-order chi connectivity index (χ0) is 21.9. The Morgan fingerprint density at radius 3 is 2.19 bits per heavy atom. The second-order valence-corrected chi connectivity index (χ2v) is 11.8. The van der Waals surface area contributed by atoms with Gasteiger partial charge in [0.15, 0.2) is 5.13 Å². The third-order valence-corrected chi connectivity index (χ3v) is 8.78. The van der Waals surface area contributed by atoms with Crippen LogP contribution in [0.1, 0.15) is 66.2 Å². The van der Waals surface area contributed by atoms with Crippen LogP contribution < -0.4 is 15.8 Å². The van der Waals surface area contributed by atoms with E-state index in [9.17, 15) is 9.59 Å². The van der Waals surface area contributed by atoms with Crippen molar-refractivity contribution < 1.29 is 4.79 Å². The number of nitrogens with zero attached hydrogens (tertiary/aromatic N) is 2. The summed E-state index contributed by atoms with van der Waals surface area (Å²) in [6.45, 7) is 8.47. The number of fused-ring (bicyclic) bond motifs is 1. The number of amides is 1. The minimum absolute atomic E-state index is 0.164. The van der Waals surface area contributed by atoms with E-state index in [0.717, 1.165) is 52.5 Å². The van der Waals surface area contributed by atoms with Crippen LogP contribution in [0.25, 0.3) is 10.1 Å². The van der Waals surface area contributed by atoms with E-state index in [2.05, 4.69) is 42.9 Å². The molecule has 1 aromatic heterocycles. The van der Waals surface area contributed by atoms with Gasteiger partial charge in [0, 0.05) is 22.5 Å². The lowest BCUT2D eigenvalue weighted by Gasteiger charge is -2.55. The topological polar surface area (TPSA) is 62.3 Å². The molecule has 31 heavy (non-hydrogen) atoms. The summed E-state index contributed by atoms with van der Waals surface area (Å²) in [5.41, 5.74) is 0.307. The third-order valence-electron chi connectivity index (χ3n) is 7.72. The van der Waals surface area contributed by atoms with Crippen molar-refractivity contribution in [3.8, 4) is 0 Å². The molecule has 2 aromatic rings. The second kappa shape index (κ2) is 7.58. The highest BCUT2D eigenvalue weighted by atomic mass is 32.1. The van der Waals surface area contributed by atoms with Crippen LogP contribution in [0.4, 0.5) is 10.8 Å². The zero-order valence-electron chi connectivity index (χ0n) is 19.0. The van der Waals surface area contributed by atoms with Gasteiger partial charge >= 0.3 is 0 Å². The first-order valence-electron chi connectivity index (χ1n) is 11.8. The highest BCUT2D eigenvalue weighted by Crippen LogP contribution is 2.60. The van der Waals surface area contributed by atoms with Crippen molar-refractivity contribution in [1.29, 1.82) is 0 Å². The molecule has 6 rings (SSSR count). The van der Waals surface area contributed by atoms with Gasteiger partial charge in [0.1, 0.15) is 0 Å². The molecule has 6 heteroatoms. The molecule has 4 saturated carbocycles. The standard InChI is InChI=1S/C25H33N3O2S/c1-14(2)28(15(3)4)24-27-22(29)20-10-19(5-6-21(20)31-24)26-23(30)25-11-16-7-17(12-25)9-18(8-16)13-25/h5-6,10,14-18H,7-9,11-13H2,1-4H3,(H,26,30). The number of rotatable bonds is 5. The van der Waals surface area contributed by atoms with Crippen molar-refractivity contribution in [3.05, 3.63) is 28.6 Å². The molecular formula is C25H33N3O2S. The van der Waals surface area contributed by atoms with Crippen LogP contribution in [0, 0.1) is 23.2 Å². The van der Waals surface area contributed by atoms with Gasteiger partial charge in [0.25, 0.3) is 5.56 Å². The molecule has 0 radical (unpaired) electrons. The molecule has 166 valence electrons. The van der Waals surface area contributed by atoms with Crippen LogP contribution in [0.5, 0.6) is 0 Å². The highest BCUT2D eigenvalue weighted by Gasteiger charge is 2.54. The van der Waals surface area contributed by atoms with Crippen molar-refractivity contribution in [2.75, 3.05) is 10.2 Å². The number of anilines is 2. The molecule has 1 amide bonds. The van der Waals surface area contributed by atoms with Crippen molar-refractivity contribution in [2.24, 2.45) is 23.2 Å². The summed E-state index contributed by atoms with van der Waals surface area (Å²) in [4.78, 5) is 32.8. The summed E-state index contributed by atoms with van der Waals surface area (Å²) >= 11 is 1.54. The first kappa shape index (κ1) is 20.9. The van der Waals surface area contributed by atoms with Gasteiger partial charge in [-0.05, 0) is 102 Å². The van der Waals surface area contributed by atoms with E-state index in [-0.39, 0.29) is 29.0 Å². The van der Waals surface area contributed by atoms with E-state index in [4.69, 9.17) is 0 Å². The molecule has 0 aliphatic heterocycles. The molecule has 0 atom stereocenters. The fourth-order valence-electron chi connectivity index (χ4n) is 6.93.